The lowest BCUT2D eigenvalue weighted by Crippen LogP contribution is -2.04. The SMILES string of the molecule is Cc1cc(Nc2ncnc(N)c2N)no1. The smallest absolute Gasteiger partial charge is 0.175 e. The third-order valence-corrected chi connectivity index (χ3v) is 1.79. The Labute approximate surface area is 85.5 Å². The molecule has 0 radical (unpaired) electrons. The van der Waals surface area contributed by atoms with E-state index in [9.17, 15) is 0 Å². The molecule has 15 heavy (non-hydrogen) atoms. The summed E-state index contributed by atoms with van der Waals surface area (Å²) in [5.74, 6) is 1.86. The number of anilines is 4. The maximum atomic E-state index is 5.67. The Morgan fingerprint density at radius 3 is 2.80 bits per heavy atom. The van der Waals surface area contributed by atoms with Crippen molar-refractivity contribution in [2.24, 2.45) is 0 Å². The molecular weight excluding hydrogens is 196 g/mol. The van der Waals surface area contributed by atoms with Crippen LogP contribution in [-0.4, -0.2) is 15.1 Å². The second-order valence-corrected chi connectivity index (χ2v) is 2.97. The first-order valence-electron chi connectivity index (χ1n) is 4.23. The summed E-state index contributed by atoms with van der Waals surface area (Å²) in [6.07, 6.45) is 1.32. The molecule has 0 saturated carbocycles. The van der Waals surface area contributed by atoms with Gasteiger partial charge >= 0.3 is 0 Å². The molecule has 2 rings (SSSR count). The Morgan fingerprint density at radius 2 is 2.13 bits per heavy atom. The Kier molecular flexibility index (Phi) is 2.13. The number of rotatable bonds is 2. The van der Waals surface area contributed by atoms with Crippen LogP contribution in [0.4, 0.5) is 23.1 Å². The summed E-state index contributed by atoms with van der Waals surface area (Å²) in [6.45, 7) is 1.79. The van der Waals surface area contributed by atoms with Crippen LogP contribution < -0.4 is 16.8 Å². The zero-order valence-electron chi connectivity index (χ0n) is 8.06. The predicted molar refractivity (Wildman–Crippen MR) is 55.4 cm³/mol. The normalized spacial score (nSPS) is 10.2. The Morgan fingerprint density at radius 1 is 1.33 bits per heavy atom. The van der Waals surface area contributed by atoms with E-state index >= 15 is 0 Å². The molecule has 0 amide bonds. The molecule has 7 nitrogen and oxygen atoms in total. The van der Waals surface area contributed by atoms with E-state index in [1.54, 1.807) is 13.0 Å². The molecule has 0 atom stereocenters. The van der Waals surface area contributed by atoms with Crippen molar-refractivity contribution in [3.8, 4) is 0 Å². The van der Waals surface area contributed by atoms with Gasteiger partial charge in [0.1, 0.15) is 17.8 Å². The Balaban J connectivity index is 2.28. The van der Waals surface area contributed by atoms with Crippen LogP contribution in [0.3, 0.4) is 0 Å². The highest BCUT2D eigenvalue weighted by Crippen LogP contribution is 2.22. The van der Waals surface area contributed by atoms with Crippen LogP contribution in [0.5, 0.6) is 0 Å². The minimum absolute atomic E-state index is 0.229. The number of aromatic nitrogens is 3. The summed E-state index contributed by atoms with van der Waals surface area (Å²) < 4.78 is 4.88. The Hall–Kier alpha value is -2.31. The molecule has 7 heteroatoms. The van der Waals surface area contributed by atoms with E-state index < -0.39 is 0 Å². The van der Waals surface area contributed by atoms with Crippen molar-refractivity contribution >= 4 is 23.1 Å². The molecule has 2 heterocycles. The van der Waals surface area contributed by atoms with Gasteiger partial charge < -0.3 is 21.3 Å². The minimum atomic E-state index is 0.229. The first kappa shape index (κ1) is 9.25. The van der Waals surface area contributed by atoms with Crippen molar-refractivity contribution in [3.05, 3.63) is 18.2 Å². The van der Waals surface area contributed by atoms with Crippen LogP contribution in [0.2, 0.25) is 0 Å². The average Bonchev–Trinajstić information content (AvgIpc) is 2.59. The summed E-state index contributed by atoms with van der Waals surface area (Å²) in [4.78, 5) is 7.68. The topological polar surface area (TPSA) is 116 Å². The summed E-state index contributed by atoms with van der Waals surface area (Å²) in [7, 11) is 0. The number of nitrogens with zero attached hydrogens (tertiary/aromatic N) is 3. The van der Waals surface area contributed by atoms with E-state index in [2.05, 4.69) is 20.4 Å². The predicted octanol–water partition coefficient (Wildman–Crippen LogP) is 0.681. The van der Waals surface area contributed by atoms with E-state index in [1.165, 1.54) is 6.33 Å². The first-order chi connectivity index (χ1) is 7.16. The van der Waals surface area contributed by atoms with E-state index in [-0.39, 0.29) is 11.5 Å². The van der Waals surface area contributed by atoms with Crippen molar-refractivity contribution in [1.82, 2.24) is 15.1 Å². The van der Waals surface area contributed by atoms with E-state index in [0.29, 0.717) is 17.4 Å². The number of aryl methyl sites for hydroxylation is 1. The van der Waals surface area contributed by atoms with Gasteiger partial charge in [0.05, 0.1) is 0 Å². The second-order valence-electron chi connectivity index (χ2n) is 2.97. The van der Waals surface area contributed by atoms with Crippen molar-refractivity contribution in [1.29, 1.82) is 0 Å². The average molecular weight is 206 g/mol. The van der Waals surface area contributed by atoms with Gasteiger partial charge in [-0.25, -0.2) is 9.97 Å². The van der Waals surface area contributed by atoms with Crippen LogP contribution in [0.25, 0.3) is 0 Å². The highest BCUT2D eigenvalue weighted by molar-refractivity contribution is 5.75. The van der Waals surface area contributed by atoms with Gasteiger partial charge in [0, 0.05) is 6.07 Å². The van der Waals surface area contributed by atoms with Crippen LogP contribution in [0, 0.1) is 6.92 Å². The zero-order valence-corrected chi connectivity index (χ0v) is 8.06. The second kappa shape index (κ2) is 3.45. The van der Waals surface area contributed by atoms with Gasteiger partial charge in [0.2, 0.25) is 0 Å². The number of nitrogen functional groups attached to an aromatic ring is 2. The highest BCUT2D eigenvalue weighted by Gasteiger charge is 2.07. The molecule has 5 N–H and O–H groups in total. The van der Waals surface area contributed by atoms with Crippen molar-refractivity contribution in [2.75, 3.05) is 16.8 Å². The molecule has 0 spiro atoms. The fraction of sp³-hybridized carbons (Fsp3) is 0.125. The molecule has 2 aromatic rings. The number of hydrogen-bond donors (Lipinski definition) is 3. The van der Waals surface area contributed by atoms with Gasteiger partial charge in [-0.2, -0.15) is 0 Å². The molecule has 0 aliphatic rings. The van der Waals surface area contributed by atoms with Crippen LogP contribution in [0.1, 0.15) is 5.76 Å². The highest BCUT2D eigenvalue weighted by atomic mass is 16.5. The molecule has 0 fully saturated rings. The molecule has 0 bridgehead atoms. The van der Waals surface area contributed by atoms with Crippen molar-refractivity contribution in [3.63, 3.8) is 0 Å². The molecule has 0 saturated heterocycles. The lowest BCUT2D eigenvalue weighted by molar-refractivity contribution is 0.400. The third kappa shape index (κ3) is 1.80. The van der Waals surface area contributed by atoms with Gasteiger partial charge in [0.15, 0.2) is 17.5 Å². The molecule has 0 aliphatic heterocycles. The number of hydrogen-bond acceptors (Lipinski definition) is 7. The maximum Gasteiger partial charge on any atom is 0.175 e. The van der Waals surface area contributed by atoms with E-state index in [0.717, 1.165) is 0 Å². The summed E-state index contributed by atoms with van der Waals surface area (Å²) in [5.41, 5.74) is 11.5. The molecule has 0 unspecified atom stereocenters. The van der Waals surface area contributed by atoms with Crippen molar-refractivity contribution < 1.29 is 4.52 Å². The summed E-state index contributed by atoms with van der Waals surface area (Å²) in [5, 5.41) is 6.61. The summed E-state index contributed by atoms with van der Waals surface area (Å²) >= 11 is 0. The van der Waals surface area contributed by atoms with Crippen LogP contribution >= 0.6 is 0 Å². The largest absolute Gasteiger partial charge is 0.393 e. The molecular formula is C8H10N6O. The van der Waals surface area contributed by atoms with Gasteiger partial charge in [-0.3, -0.25) is 0 Å². The van der Waals surface area contributed by atoms with Crippen molar-refractivity contribution in [2.45, 2.75) is 6.92 Å². The first-order valence-corrected chi connectivity index (χ1v) is 4.23. The van der Waals surface area contributed by atoms with Gasteiger partial charge in [-0.1, -0.05) is 5.16 Å². The fourth-order valence-corrected chi connectivity index (χ4v) is 1.06. The van der Waals surface area contributed by atoms with E-state index in [4.69, 9.17) is 16.0 Å². The molecule has 0 aliphatic carbocycles. The minimum Gasteiger partial charge on any atom is -0.393 e. The molecule has 78 valence electrons. The number of nitrogens with two attached hydrogens (primary N) is 2. The quantitative estimate of drug-likeness (QED) is 0.661. The van der Waals surface area contributed by atoms with Gasteiger partial charge in [-0.05, 0) is 6.92 Å². The number of nitrogens with one attached hydrogen (secondary N) is 1. The van der Waals surface area contributed by atoms with Crippen LogP contribution in [0.15, 0.2) is 16.9 Å². The third-order valence-electron chi connectivity index (χ3n) is 1.79. The monoisotopic (exact) mass is 206 g/mol. The zero-order chi connectivity index (χ0) is 10.8. The maximum absolute atomic E-state index is 5.67. The lowest BCUT2D eigenvalue weighted by Gasteiger charge is -2.05. The van der Waals surface area contributed by atoms with Gasteiger partial charge in [-0.15, -0.1) is 0 Å². The molecule has 2 aromatic heterocycles. The van der Waals surface area contributed by atoms with Gasteiger partial charge in [0.25, 0.3) is 0 Å². The lowest BCUT2D eigenvalue weighted by atomic mass is 10.4. The van der Waals surface area contributed by atoms with E-state index in [1.807, 2.05) is 0 Å². The fourth-order valence-electron chi connectivity index (χ4n) is 1.06. The Bertz CT molecular complexity index is 480. The standard InChI is InChI=1S/C8H10N6O/c1-4-2-5(14-15-4)13-8-6(9)7(10)11-3-12-8/h2-3H,9H2,1H3,(H3,10,11,12,13,14). The summed E-state index contributed by atoms with van der Waals surface area (Å²) in [6, 6.07) is 1.72. The molecule has 0 aromatic carbocycles. The van der Waals surface area contributed by atoms with Crippen LogP contribution in [-0.2, 0) is 0 Å².